The molecule has 1 aromatic rings. The van der Waals surface area contributed by atoms with Crippen molar-refractivity contribution in [3.63, 3.8) is 0 Å². The van der Waals surface area contributed by atoms with Gasteiger partial charge in [0.2, 0.25) is 0 Å². The molecule has 0 N–H and O–H groups in total. The van der Waals surface area contributed by atoms with Crippen LogP contribution in [0, 0.1) is 5.92 Å². The zero-order chi connectivity index (χ0) is 15.7. The molecule has 112 valence electrons. The summed E-state index contributed by atoms with van der Waals surface area (Å²) in [4.78, 5) is 23.8. The molecule has 0 aliphatic heterocycles. The fraction of sp³-hybridized carbons (Fsp3) is 0.294. The minimum absolute atomic E-state index is 0.199. The van der Waals surface area contributed by atoms with Crippen molar-refractivity contribution >= 4 is 18.0 Å². The van der Waals surface area contributed by atoms with Gasteiger partial charge in [0.1, 0.15) is 0 Å². The van der Waals surface area contributed by atoms with Crippen LogP contribution in [-0.4, -0.2) is 25.2 Å². The maximum atomic E-state index is 11.9. The van der Waals surface area contributed by atoms with Crippen LogP contribution in [0.1, 0.15) is 19.4 Å². The summed E-state index contributed by atoms with van der Waals surface area (Å²) in [6.45, 7) is 7.55. The Balaban J connectivity index is 2.87. The highest BCUT2D eigenvalue weighted by molar-refractivity contribution is 5.98. The standard InChI is InChI=1S/C17H20O4/c1-4-20-16(18)15(17(19)21-5-2)13(3)11-12-14-9-7-6-8-10-14/h6-12,15H,3-5H2,1-2H3/b12-11+. The van der Waals surface area contributed by atoms with Crippen LogP contribution in [0.2, 0.25) is 0 Å². The molecule has 0 spiro atoms. The molecule has 0 aliphatic rings. The molecule has 0 unspecified atom stereocenters. The molecule has 21 heavy (non-hydrogen) atoms. The molecule has 0 heterocycles. The molecular formula is C17H20O4. The monoisotopic (exact) mass is 288 g/mol. The van der Waals surface area contributed by atoms with Gasteiger partial charge in [-0.05, 0) is 25.0 Å². The van der Waals surface area contributed by atoms with E-state index in [9.17, 15) is 9.59 Å². The molecule has 0 aromatic heterocycles. The summed E-state index contributed by atoms with van der Waals surface area (Å²) in [5.74, 6) is -2.40. The average Bonchev–Trinajstić information content (AvgIpc) is 2.47. The number of hydrogen-bond donors (Lipinski definition) is 0. The smallest absolute Gasteiger partial charge is 0.324 e. The van der Waals surface area contributed by atoms with Crippen molar-refractivity contribution in [3.8, 4) is 0 Å². The third kappa shape index (κ3) is 5.26. The van der Waals surface area contributed by atoms with E-state index in [0.29, 0.717) is 5.57 Å². The first-order chi connectivity index (χ1) is 10.1. The Labute approximate surface area is 125 Å². The van der Waals surface area contributed by atoms with E-state index in [-0.39, 0.29) is 13.2 Å². The fourth-order valence-electron chi connectivity index (χ4n) is 1.71. The molecule has 0 atom stereocenters. The molecule has 4 heteroatoms. The largest absolute Gasteiger partial charge is 0.465 e. The maximum absolute atomic E-state index is 11.9. The minimum atomic E-state index is -1.12. The number of ether oxygens (including phenoxy) is 2. The van der Waals surface area contributed by atoms with Crippen molar-refractivity contribution < 1.29 is 19.1 Å². The lowest BCUT2D eigenvalue weighted by molar-refractivity contribution is -0.159. The zero-order valence-corrected chi connectivity index (χ0v) is 12.4. The van der Waals surface area contributed by atoms with Gasteiger partial charge in [-0.1, -0.05) is 49.1 Å². The molecule has 4 nitrogen and oxygen atoms in total. The Kier molecular flexibility index (Phi) is 6.95. The molecule has 0 radical (unpaired) electrons. The molecule has 0 amide bonds. The van der Waals surface area contributed by atoms with E-state index in [1.807, 2.05) is 30.3 Å². The van der Waals surface area contributed by atoms with Crippen molar-refractivity contribution in [2.75, 3.05) is 13.2 Å². The molecule has 0 aliphatic carbocycles. The number of esters is 2. The summed E-state index contributed by atoms with van der Waals surface area (Å²) in [6.07, 6.45) is 3.42. The summed E-state index contributed by atoms with van der Waals surface area (Å²) in [5.41, 5.74) is 1.29. The first-order valence-electron chi connectivity index (χ1n) is 6.85. The summed E-state index contributed by atoms with van der Waals surface area (Å²) in [7, 11) is 0. The van der Waals surface area contributed by atoms with E-state index in [4.69, 9.17) is 9.47 Å². The summed E-state index contributed by atoms with van der Waals surface area (Å²) >= 11 is 0. The zero-order valence-electron chi connectivity index (χ0n) is 12.4. The van der Waals surface area contributed by atoms with Crippen molar-refractivity contribution in [3.05, 3.63) is 54.1 Å². The highest BCUT2D eigenvalue weighted by Gasteiger charge is 2.31. The van der Waals surface area contributed by atoms with Crippen LogP contribution in [0.4, 0.5) is 0 Å². The van der Waals surface area contributed by atoms with E-state index in [1.165, 1.54) is 0 Å². The molecule has 1 rings (SSSR count). The number of carbonyl (C=O) groups is 2. The predicted octanol–water partition coefficient (Wildman–Crippen LogP) is 3.00. The minimum Gasteiger partial charge on any atom is -0.465 e. The van der Waals surface area contributed by atoms with Crippen LogP contribution in [0.5, 0.6) is 0 Å². The Morgan fingerprint density at radius 1 is 1.10 bits per heavy atom. The van der Waals surface area contributed by atoms with Gasteiger partial charge in [-0.15, -0.1) is 0 Å². The first-order valence-corrected chi connectivity index (χ1v) is 6.85. The van der Waals surface area contributed by atoms with Gasteiger partial charge >= 0.3 is 11.9 Å². The molecule has 0 bridgehead atoms. The number of carbonyl (C=O) groups excluding carboxylic acids is 2. The molecular weight excluding hydrogens is 268 g/mol. The van der Waals surface area contributed by atoms with E-state index in [2.05, 4.69) is 6.58 Å². The quantitative estimate of drug-likeness (QED) is 0.440. The summed E-state index contributed by atoms with van der Waals surface area (Å²) in [5, 5.41) is 0. The van der Waals surface area contributed by atoms with Crippen LogP contribution in [0.3, 0.4) is 0 Å². The molecule has 1 aromatic carbocycles. The number of benzene rings is 1. The summed E-state index contributed by atoms with van der Waals surface area (Å²) < 4.78 is 9.82. The van der Waals surface area contributed by atoms with E-state index < -0.39 is 17.9 Å². The van der Waals surface area contributed by atoms with Gasteiger partial charge < -0.3 is 9.47 Å². The maximum Gasteiger partial charge on any atom is 0.324 e. The van der Waals surface area contributed by atoms with Gasteiger partial charge in [0, 0.05) is 0 Å². The fourth-order valence-corrected chi connectivity index (χ4v) is 1.71. The average molecular weight is 288 g/mol. The van der Waals surface area contributed by atoms with E-state index in [0.717, 1.165) is 5.56 Å². The number of hydrogen-bond acceptors (Lipinski definition) is 4. The van der Waals surface area contributed by atoms with Crippen LogP contribution < -0.4 is 0 Å². The Hall–Kier alpha value is -2.36. The normalized spacial score (nSPS) is 10.6. The first kappa shape index (κ1) is 16.7. The van der Waals surface area contributed by atoms with Crippen LogP contribution in [0.15, 0.2) is 48.6 Å². The van der Waals surface area contributed by atoms with Crippen LogP contribution in [0.25, 0.3) is 6.08 Å². The second kappa shape index (κ2) is 8.74. The van der Waals surface area contributed by atoms with Gasteiger partial charge in [-0.2, -0.15) is 0 Å². The predicted molar refractivity (Wildman–Crippen MR) is 81.4 cm³/mol. The SMILES string of the molecule is C=C(/C=C/c1ccccc1)C(C(=O)OCC)C(=O)OCC. The van der Waals surface area contributed by atoms with Crippen LogP contribution in [-0.2, 0) is 19.1 Å². The lowest BCUT2D eigenvalue weighted by Gasteiger charge is -2.14. The van der Waals surface area contributed by atoms with Crippen LogP contribution >= 0.6 is 0 Å². The Bertz CT molecular complexity index is 499. The second-order valence-corrected chi connectivity index (χ2v) is 4.26. The van der Waals surface area contributed by atoms with E-state index >= 15 is 0 Å². The number of allylic oxidation sites excluding steroid dienone is 1. The van der Waals surface area contributed by atoms with Gasteiger partial charge in [0.15, 0.2) is 5.92 Å². The van der Waals surface area contributed by atoms with E-state index in [1.54, 1.807) is 26.0 Å². The van der Waals surface area contributed by atoms with Crippen molar-refractivity contribution in [1.82, 2.24) is 0 Å². The van der Waals surface area contributed by atoms with Crippen molar-refractivity contribution in [2.24, 2.45) is 5.92 Å². The topological polar surface area (TPSA) is 52.6 Å². The molecule has 0 saturated carbocycles. The van der Waals surface area contributed by atoms with Crippen molar-refractivity contribution in [1.29, 1.82) is 0 Å². The lowest BCUT2D eigenvalue weighted by atomic mass is 9.99. The van der Waals surface area contributed by atoms with Gasteiger partial charge in [-0.3, -0.25) is 9.59 Å². The molecule has 0 saturated heterocycles. The van der Waals surface area contributed by atoms with Gasteiger partial charge in [0.25, 0.3) is 0 Å². The second-order valence-electron chi connectivity index (χ2n) is 4.26. The molecule has 0 fully saturated rings. The van der Waals surface area contributed by atoms with Crippen molar-refractivity contribution in [2.45, 2.75) is 13.8 Å². The third-order valence-corrected chi connectivity index (χ3v) is 2.70. The Morgan fingerprint density at radius 3 is 2.10 bits per heavy atom. The highest BCUT2D eigenvalue weighted by atomic mass is 16.6. The third-order valence-electron chi connectivity index (χ3n) is 2.70. The highest BCUT2D eigenvalue weighted by Crippen LogP contribution is 2.17. The number of rotatable bonds is 7. The van der Waals surface area contributed by atoms with Gasteiger partial charge in [-0.25, -0.2) is 0 Å². The lowest BCUT2D eigenvalue weighted by Crippen LogP contribution is -2.29. The summed E-state index contributed by atoms with van der Waals surface area (Å²) in [6, 6.07) is 9.53. The Morgan fingerprint density at radius 2 is 1.62 bits per heavy atom. The van der Waals surface area contributed by atoms with Gasteiger partial charge in [0.05, 0.1) is 13.2 Å².